The fourth-order valence-corrected chi connectivity index (χ4v) is 9.89. The topological polar surface area (TPSA) is 21.9 Å². The number of fused-ring (bicyclic) bond motifs is 5. The Kier molecular flexibility index (Phi) is 5.71. The molecular weight excluding hydrogens is 743 g/mol. The molecule has 8 aromatic rings. The van der Waals surface area contributed by atoms with E-state index in [1.54, 1.807) is 12.1 Å². The Balaban J connectivity index is 1.36. The molecule has 5 heterocycles. The summed E-state index contributed by atoms with van der Waals surface area (Å²) >= 11 is 0. The van der Waals surface area contributed by atoms with Crippen molar-refractivity contribution in [3.63, 3.8) is 0 Å². The van der Waals surface area contributed by atoms with Crippen LogP contribution in [0.3, 0.4) is 0 Å². The quantitative estimate of drug-likeness (QED) is 0.162. The summed E-state index contributed by atoms with van der Waals surface area (Å²) in [6, 6.07) is 32.5. The third-order valence-corrected chi connectivity index (χ3v) is 13.0. The van der Waals surface area contributed by atoms with E-state index in [4.69, 9.17) is 19.8 Å². The Morgan fingerprint density at radius 3 is 2.10 bits per heavy atom. The average Bonchev–Trinajstić information content (AvgIpc) is 3.82. The predicted octanol–water partition coefficient (Wildman–Crippen LogP) is 13.2. The van der Waals surface area contributed by atoms with Crippen molar-refractivity contribution < 1.29 is 28.9 Å². The first kappa shape index (κ1) is 27.6. The highest BCUT2D eigenvalue weighted by molar-refractivity contribution is 5.98. The van der Waals surface area contributed by atoms with Crippen LogP contribution in [0.2, 0.25) is 0 Å². The van der Waals surface area contributed by atoms with Crippen molar-refractivity contribution in [3.05, 3.63) is 167 Å². The molecule has 0 N–H and O–H groups in total. The standard InChI is InChI=1S/C57H55N3O/c1-11-35-29-41(25-26-42(35)37-21-16-13-17-22-37)59-48-24-18-23-43-44-31-39(54(2,3)4)32-45-49-30-38(36-19-14-12-15-20-36)27-28-58(49)57(50(44)45)60(51(43)48)53(59)46-33-40(55(5,6)7)34-47(52(46)61-57)56(8,9)10/h12-34H,11H2,1-10H3/q+2/i8D3,9D3,12D,14D,15D,19D,20D. The summed E-state index contributed by atoms with van der Waals surface area (Å²) in [5, 5.41) is 0. The van der Waals surface area contributed by atoms with Crippen LogP contribution >= 0.6 is 0 Å². The minimum atomic E-state index is -3.04. The molecule has 0 aliphatic carbocycles. The van der Waals surface area contributed by atoms with E-state index in [2.05, 4.69) is 91.4 Å². The van der Waals surface area contributed by atoms with Gasteiger partial charge in [0.25, 0.3) is 0 Å². The number of rotatable bonds is 4. The third kappa shape index (κ3) is 5.30. The number of imidazole rings is 1. The molecule has 6 aromatic carbocycles. The second kappa shape index (κ2) is 12.6. The first-order valence-electron chi connectivity index (χ1n) is 26.7. The maximum Gasteiger partial charge on any atom is 0.499 e. The fraction of sp³-hybridized carbons (Fsp3) is 0.263. The number of aryl methyl sites for hydroxylation is 1. The Morgan fingerprint density at radius 2 is 1.38 bits per heavy atom. The van der Waals surface area contributed by atoms with E-state index in [-0.39, 0.29) is 34.4 Å². The predicted molar refractivity (Wildman–Crippen MR) is 249 cm³/mol. The zero-order chi connectivity index (χ0) is 51.7. The number of benzene rings is 6. The molecule has 4 nitrogen and oxygen atoms in total. The molecule has 1 spiro atoms. The van der Waals surface area contributed by atoms with E-state index in [9.17, 15) is 0 Å². The third-order valence-electron chi connectivity index (χ3n) is 13.0. The first-order chi connectivity index (χ1) is 33.7. The van der Waals surface area contributed by atoms with Crippen LogP contribution in [0.25, 0.3) is 72.7 Å². The Bertz CT molecular complexity index is 3630. The van der Waals surface area contributed by atoms with Gasteiger partial charge in [-0.3, -0.25) is 0 Å². The number of ether oxygens (including phenoxy) is 1. The number of nitrogens with zero attached hydrogens (tertiary/aromatic N) is 3. The van der Waals surface area contributed by atoms with E-state index in [0.717, 1.165) is 73.2 Å². The molecule has 0 radical (unpaired) electrons. The minimum absolute atomic E-state index is 0.0287. The van der Waals surface area contributed by atoms with Crippen LogP contribution < -0.4 is 13.9 Å². The molecule has 0 saturated heterocycles. The van der Waals surface area contributed by atoms with Crippen LogP contribution in [0.4, 0.5) is 0 Å². The van der Waals surface area contributed by atoms with Crippen molar-refractivity contribution in [2.45, 2.75) is 97.6 Å². The van der Waals surface area contributed by atoms with Crippen LogP contribution in [0, 0.1) is 0 Å². The lowest BCUT2D eigenvalue weighted by molar-refractivity contribution is -0.997. The second-order valence-electron chi connectivity index (χ2n) is 19.1. The van der Waals surface area contributed by atoms with Crippen LogP contribution in [-0.2, 0) is 28.5 Å². The normalized spacial score (nSPS) is 19.0. The van der Waals surface area contributed by atoms with Crippen LogP contribution in [0.1, 0.15) is 112 Å². The monoisotopic (exact) mass is 809 g/mol. The van der Waals surface area contributed by atoms with Gasteiger partial charge in [-0.2, -0.15) is 4.57 Å². The van der Waals surface area contributed by atoms with E-state index in [1.165, 1.54) is 6.92 Å². The molecule has 3 aliphatic rings. The molecule has 4 heteroatoms. The molecule has 2 aromatic heterocycles. The average molecular weight is 809 g/mol. The van der Waals surface area contributed by atoms with E-state index >= 15 is 0 Å². The van der Waals surface area contributed by atoms with Gasteiger partial charge in [0.1, 0.15) is 16.8 Å². The fourth-order valence-electron chi connectivity index (χ4n) is 9.89. The molecule has 11 rings (SSSR count). The van der Waals surface area contributed by atoms with Crippen LogP contribution in [0.15, 0.2) is 140 Å². The molecule has 0 bridgehead atoms. The lowest BCUT2D eigenvalue weighted by Crippen LogP contribution is -2.78. The van der Waals surface area contributed by atoms with Crippen molar-refractivity contribution in [1.82, 2.24) is 4.57 Å². The summed E-state index contributed by atoms with van der Waals surface area (Å²) in [5.74, 6) is -0.909. The summed E-state index contributed by atoms with van der Waals surface area (Å²) < 4.78 is 112. The van der Waals surface area contributed by atoms with Gasteiger partial charge in [-0.15, -0.1) is 9.13 Å². The highest BCUT2D eigenvalue weighted by Crippen LogP contribution is 2.56. The maximum absolute atomic E-state index is 9.11. The smallest absolute Gasteiger partial charge is 0.392 e. The van der Waals surface area contributed by atoms with E-state index in [1.807, 2.05) is 67.9 Å². The maximum atomic E-state index is 9.11. The van der Waals surface area contributed by atoms with Gasteiger partial charge in [-0.25, -0.2) is 0 Å². The summed E-state index contributed by atoms with van der Waals surface area (Å²) in [7, 11) is 0. The number of para-hydroxylation sites is 1. The van der Waals surface area contributed by atoms with Gasteiger partial charge < -0.3 is 4.74 Å². The lowest BCUT2D eigenvalue weighted by atomic mass is 9.78. The molecule has 1 unspecified atom stereocenters. The molecule has 0 fully saturated rings. The van der Waals surface area contributed by atoms with Gasteiger partial charge >= 0.3 is 11.7 Å². The zero-order valence-electron chi connectivity index (χ0n) is 46.8. The van der Waals surface area contributed by atoms with Crippen molar-refractivity contribution in [1.29, 1.82) is 0 Å². The Labute approximate surface area is 376 Å². The van der Waals surface area contributed by atoms with Gasteiger partial charge in [-0.05, 0) is 110 Å². The summed E-state index contributed by atoms with van der Waals surface area (Å²) in [6.07, 6.45) is 2.53. The highest BCUT2D eigenvalue weighted by Gasteiger charge is 2.69. The Morgan fingerprint density at radius 1 is 0.656 bits per heavy atom. The summed E-state index contributed by atoms with van der Waals surface area (Å²) in [4.78, 5) is 0. The van der Waals surface area contributed by atoms with E-state index in [0.29, 0.717) is 22.6 Å². The summed E-state index contributed by atoms with van der Waals surface area (Å²) in [5.41, 5.74) is 9.00. The van der Waals surface area contributed by atoms with Crippen molar-refractivity contribution in [2.75, 3.05) is 0 Å². The van der Waals surface area contributed by atoms with Gasteiger partial charge in [0.05, 0.1) is 12.4 Å². The van der Waals surface area contributed by atoms with Gasteiger partial charge in [0.15, 0.2) is 23.0 Å². The number of pyridine rings is 1. The highest BCUT2D eigenvalue weighted by atomic mass is 16.5. The second-order valence-corrected chi connectivity index (χ2v) is 19.1. The molecule has 3 aliphatic heterocycles. The van der Waals surface area contributed by atoms with Crippen molar-refractivity contribution >= 4 is 11.0 Å². The molecule has 0 saturated carbocycles. The molecular formula is C57H55N3O+2. The SMILES string of the molecule is [2H]c1c([2H])c([2H])c(-c2cc[n+]3c(c2)-c2cc(C(C)(C)C)cc4c2C32Oc3c(cc(C(C)(C)C)cc3C(C)(C([2H])([2H])[2H])C([2H])([2H])[2H])-c3n(-c5ccc(-c6ccccc6)c(CC)c5)c5cccc-4c5[n+]32)c([2H])c1[2H]. The van der Waals surface area contributed by atoms with Crippen LogP contribution in [-0.4, -0.2) is 4.57 Å². The molecule has 0 amide bonds. The van der Waals surface area contributed by atoms with Crippen LogP contribution in [0.5, 0.6) is 5.75 Å². The molecule has 302 valence electrons. The van der Waals surface area contributed by atoms with E-state index < -0.39 is 48.5 Å². The summed E-state index contributed by atoms with van der Waals surface area (Å²) in [6.45, 7) is 9.85. The molecule has 1 atom stereocenters. The lowest BCUT2D eigenvalue weighted by Gasteiger charge is -2.36. The van der Waals surface area contributed by atoms with Crippen molar-refractivity contribution in [3.8, 4) is 67.5 Å². The number of hydrogen-bond acceptors (Lipinski definition) is 1. The zero-order valence-corrected chi connectivity index (χ0v) is 35.8. The van der Waals surface area contributed by atoms with Gasteiger partial charge in [0, 0.05) is 37.0 Å². The number of aromatic nitrogens is 3. The minimum Gasteiger partial charge on any atom is -0.392 e. The largest absolute Gasteiger partial charge is 0.499 e. The van der Waals surface area contributed by atoms with Gasteiger partial charge in [-0.1, -0.05) is 142 Å². The first-order valence-corrected chi connectivity index (χ1v) is 21.2. The van der Waals surface area contributed by atoms with Crippen molar-refractivity contribution in [2.24, 2.45) is 0 Å². The Hall–Kier alpha value is -6.26. The molecule has 61 heavy (non-hydrogen) atoms. The van der Waals surface area contributed by atoms with Gasteiger partial charge in [0.2, 0.25) is 5.69 Å². The number of hydrogen-bond donors (Lipinski definition) is 0.